The lowest BCUT2D eigenvalue weighted by Crippen LogP contribution is -2.32. The van der Waals surface area contributed by atoms with Crippen LogP contribution in [0.1, 0.15) is 41.9 Å². The number of ether oxygens (including phenoxy) is 2. The summed E-state index contributed by atoms with van der Waals surface area (Å²) in [5.41, 5.74) is 3.51. The Balaban J connectivity index is 1.52. The first-order valence-electron chi connectivity index (χ1n) is 12.9. The van der Waals surface area contributed by atoms with E-state index in [1.807, 2.05) is 71.4 Å². The van der Waals surface area contributed by atoms with E-state index in [0.29, 0.717) is 25.2 Å². The first kappa shape index (κ1) is 26.1. The number of tetrazole rings is 1. The lowest BCUT2D eigenvalue weighted by Gasteiger charge is -2.30. The van der Waals surface area contributed by atoms with Crippen LogP contribution in [0.4, 0.5) is 0 Å². The molecule has 5 aromatic rings. The van der Waals surface area contributed by atoms with E-state index in [1.54, 1.807) is 14.2 Å². The monoisotopic (exact) mass is 524 g/mol. The zero-order chi connectivity index (χ0) is 27.2. The predicted molar refractivity (Wildman–Crippen MR) is 150 cm³/mol. The van der Waals surface area contributed by atoms with Crippen LogP contribution in [-0.2, 0) is 19.6 Å². The van der Waals surface area contributed by atoms with Gasteiger partial charge in [0.05, 0.1) is 26.8 Å². The molecular weight excluding hydrogens is 492 g/mol. The molecule has 2 aromatic heterocycles. The second kappa shape index (κ2) is 11.9. The van der Waals surface area contributed by atoms with Gasteiger partial charge in [0.2, 0.25) is 0 Å². The van der Waals surface area contributed by atoms with Crippen molar-refractivity contribution in [3.63, 3.8) is 0 Å². The van der Waals surface area contributed by atoms with E-state index in [2.05, 4.69) is 44.5 Å². The summed E-state index contributed by atoms with van der Waals surface area (Å²) in [5.74, 6) is 2.29. The molecule has 3 aromatic carbocycles. The number of hydrogen-bond donors (Lipinski definition) is 1. The van der Waals surface area contributed by atoms with Gasteiger partial charge in [-0.05, 0) is 64.4 Å². The number of H-pyrrole nitrogens is 1. The number of benzene rings is 3. The Kier molecular flexibility index (Phi) is 7.98. The fraction of sp³-hybridized carbons (Fsp3) is 0.267. The number of nitrogens with zero attached hydrogens (tertiary/aromatic N) is 5. The maximum atomic E-state index is 13.2. The summed E-state index contributed by atoms with van der Waals surface area (Å²) in [7, 11) is 3.29. The standard InChI is InChI=1S/C30H32N6O3/c1-4-28(29-32-33-34-36(29)19-21-8-6-5-7-9-21)35(18-22-10-12-25(38-2)13-11-22)20-24-16-23-17-26(39-3)14-15-27(23)31-30(24)37/h5-17,28H,4,18-20H2,1-3H3,(H,31,37)/t28-/m1/s1. The molecule has 2 heterocycles. The van der Waals surface area contributed by atoms with Crippen molar-refractivity contribution in [3.05, 3.63) is 112 Å². The van der Waals surface area contributed by atoms with Crippen molar-refractivity contribution in [3.8, 4) is 11.5 Å². The van der Waals surface area contributed by atoms with Crippen molar-refractivity contribution in [2.75, 3.05) is 14.2 Å². The number of hydrogen-bond acceptors (Lipinski definition) is 7. The molecule has 0 amide bonds. The molecule has 0 spiro atoms. The zero-order valence-corrected chi connectivity index (χ0v) is 22.4. The molecule has 0 saturated heterocycles. The van der Waals surface area contributed by atoms with Crippen molar-refractivity contribution >= 4 is 10.9 Å². The Bertz CT molecular complexity index is 1580. The first-order valence-corrected chi connectivity index (χ1v) is 12.9. The highest BCUT2D eigenvalue weighted by molar-refractivity contribution is 5.80. The molecule has 0 aliphatic heterocycles. The van der Waals surface area contributed by atoms with E-state index in [4.69, 9.17) is 9.47 Å². The van der Waals surface area contributed by atoms with Gasteiger partial charge in [-0.2, -0.15) is 0 Å². The molecule has 1 atom stereocenters. The van der Waals surface area contributed by atoms with Crippen LogP contribution >= 0.6 is 0 Å². The lowest BCUT2D eigenvalue weighted by atomic mass is 10.1. The smallest absolute Gasteiger partial charge is 0.252 e. The molecule has 0 saturated carbocycles. The molecule has 0 fully saturated rings. The molecule has 9 heteroatoms. The van der Waals surface area contributed by atoms with Crippen LogP contribution < -0.4 is 15.0 Å². The van der Waals surface area contributed by atoms with E-state index in [1.165, 1.54) is 0 Å². The van der Waals surface area contributed by atoms with Crippen molar-refractivity contribution < 1.29 is 9.47 Å². The molecule has 0 aliphatic rings. The quantitative estimate of drug-likeness (QED) is 0.267. The zero-order valence-electron chi connectivity index (χ0n) is 22.4. The van der Waals surface area contributed by atoms with E-state index >= 15 is 0 Å². The highest BCUT2D eigenvalue weighted by Gasteiger charge is 2.26. The predicted octanol–water partition coefficient (Wildman–Crippen LogP) is 4.73. The third kappa shape index (κ3) is 5.99. The van der Waals surface area contributed by atoms with Crippen LogP contribution in [-0.4, -0.2) is 44.3 Å². The highest BCUT2D eigenvalue weighted by atomic mass is 16.5. The molecule has 0 bridgehead atoms. The summed E-state index contributed by atoms with van der Waals surface area (Å²) in [4.78, 5) is 18.5. The van der Waals surface area contributed by atoms with Crippen LogP contribution in [0.2, 0.25) is 0 Å². The number of nitrogens with one attached hydrogen (secondary N) is 1. The summed E-state index contributed by atoms with van der Waals surface area (Å²) in [5, 5.41) is 13.7. The van der Waals surface area contributed by atoms with E-state index < -0.39 is 0 Å². The summed E-state index contributed by atoms with van der Waals surface area (Å²) in [6.45, 7) is 3.68. The molecule has 200 valence electrons. The van der Waals surface area contributed by atoms with Gasteiger partial charge >= 0.3 is 0 Å². The Morgan fingerprint density at radius 3 is 2.36 bits per heavy atom. The average Bonchev–Trinajstić information content (AvgIpc) is 3.42. The van der Waals surface area contributed by atoms with Crippen LogP contribution in [0.25, 0.3) is 10.9 Å². The van der Waals surface area contributed by atoms with Gasteiger partial charge in [-0.25, -0.2) is 4.68 Å². The second-order valence-corrected chi connectivity index (χ2v) is 9.43. The SMILES string of the molecule is CC[C@H](c1nnnn1Cc1ccccc1)N(Cc1ccc(OC)cc1)Cc1cc2cc(OC)ccc2[nH]c1=O. The number of rotatable bonds is 11. The maximum absolute atomic E-state index is 13.2. The van der Waals surface area contributed by atoms with Crippen LogP contribution in [0, 0.1) is 0 Å². The summed E-state index contributed by atoms with van der Waals surface area (Å²) in [6.07, 6.45) is 0.755. The molecule has 5 rings (SSSR count). The van der Waals surface area contributed by atoms with Crippen molar-refractivity contribution in [1.82, 2.24) is 30.1 Å². The van der Waals surface area contributed by atoms with Gasteiger partial charge in [-0.1, -0.05) is 49.4 Å². The molecule has 0 aliphatic carbocycles. The van der Waals surface area contributed by atoms with Crippen LogP contribution in [0.3, 0.4) is 0 Å². The third-order valence-corrected chi connectivity index (χ3v) is 6.91. The van der Waals surface area contributed by atoms with Gasteiger partial charge < -0.3 is 14.5 Å². The number of pyridine rings is 1. The largest absolute Gasteiger partial charge is 0.497 e. The number of aromatic nitrogens is 5. The van der Waals surface area contributed by atoms with E-state index in [0.717, 1.165) is 45.8 Å². The van der Waals surface area contributed by atoms with Gasteiger partial charge in [-0.15, -0.1) is 5.10 Å². The molecule has 0 unspecified atom stereocenters. The van der Waals surface area contributed by atoms with E-state index in [9.17, 15) is 4.79 Å². The summed E-state index contributed by atoms with van der Waals surface area (Å²) >= 11 is 0. The third-order valence-electron chi connectivity index (χ3n) is 6.91. The van der Waals surface area contributed by atoms with Gasteiger partial charge in [0.25, 0.3) is 5.56 Å². The summed E-state index contributed by atoms with van der Waals surface area (Å²) in [6, 6.07) is 25.6. The van der Waals surface area contributed by atoms with Crippen molar-refractivity contribution in [2.45, 2.75) is 39.0 Å². The Labute approximate surface area is 227 Å². The molecule has 1 N–H and O–H groups in total. The van der Waals surface area contributed by atoms with Gasteiger partial charge in [0.15, 0.2) is 5.82 Å². The minimum absolute atomic E-state index is 0.119. The highest BCUT2D eigenvalue weighted by Crippen LogP contribution is 2.28. The Morgan fingerprint density at radius 1 is 0.897 bits per heavy atom. The topological polar surface area (TPSA) is 98.2 Å². The molecular formula is C30H32N6O3. The fourth-order valence-electron chi connectivity index (χ4n) is 4.86. The minimum atomic E-state index is -0.133. The van der Waals surface area contributed by atoms with E-state index in [-0.39, 0.29) is 11.6 Å². The normalized spacial score (nSPS) is 12.1. The van der Waals surface area contributed by atoms with Crippen LogP contribution in [0.5, 0.6) is 11.5 Å². The van der Waals surface area contributed by atoms with Gasteiger partial charge in [-0.3, -0.25) is 9.69 Å². The number of aromatic amines is 1. The Hall–Kier alpha value is -4.50. The van der Waals surface area contributed by atoms with Crippen molar-refractivity contribution in [2.24, 2.45) is 0 Å². The summed E-state index contributed by atoms with van der Waals surface area (Å²) < 4.78 is 12.6. The average molecular weight is 525 g/mol. The van der Waals surface area contributed by atoms with Crippen LogP contribution in [0.15, 0.2) is 83.7 Å². The van der Waals surface area contributed by atoms with Crippen molar-refractivity contribution in [1.29, 1.82) is 0 Å². The molecule has 39 heavy (non-hydrogen) atoms. The van der Waals surface area contributed by atoms with Gasteiger partial charge in [0, 0.05) is 29.6 Å². The van der Waals surface area contributed by atoms with Gasteiger partial charge in [0.1, 0.15) is 11.5 Å². The lowest BCUT2D eigenvalue weighted by molar-refractivity contribution is 0.161. The number of fused-ring (bicyclic) bond motifs is 1. The molecule has 0 radical (unpaired) electrons. The molecule has 9 nitrogen and oxygen atoms in total. The fourth-order valence-corrected chi connectivity index (χ4v) is 4.86. The first-order chi connectivity index (χ1) is 19.1. The second-order valence-electron chi connectivity index (χ2n) is 9.43. The Morgan fingerprint density at radius 2 is 1.64 bits per heavy atom. The minimum Gasteiger partial charge on any atom is -0.497 e. The number of methoxy groups -OCH3 is 2. The maximum Gasteiger partial charge on any atom is 0.252 e.